The third-order valence-electron chi connectivity index (χ3n) is 4.29. The van der Waals surface area contributed by atoms with Crippen LogP contribution < -0.4 is 5.32 Å². The summed E-state index contributed by atoms with van der Waals surface area (Å²) in [5.74, 6) is -0.343. The third-order valence-corrected chi connectivity index (χ3v) is 4.86. The van der Waals surface area contributed by atoms with E-state index in [4.69, 9.17) is 23.2 Å². The van der Waals surface area contributed by atoms with Crippen LogP contribution in [0.5, 0.6) is 0 Å². The quantitative estimate of drug-likeness (QED) is 0.510. The van der Waals surface area contributed by atoms with Crippen molar-refractivity contribution in [1.29, 1.82) is 0 Å². The maximum absolute atomic E-state index is 12.9. The lowest BCUT2D eigenvalue weighted by Gasteiger charge is -2.10. The molecule has 0 fully saturated rings. The average Bonchev–Trinajstić information content (AvgIpc) is 3.19. The summed E-state index contributed by atoms with van der Waals surface area (Å²) < 4.78 is 1.56. The van der Waals surface area contributed by atoms with Gasteiger partial charge in [-0.15, -0.1) is 5.10 Å². The fourth-order valence-corrected chi connectivity index (χ4v) is 3.21. The molecule has 1 N–H and O–H groups in total. The molecule has 0 saturated heterocycles. The van der Waals surface area contributed by atoms with Crippen LogP contribution in [-0.4, -0.2) is 25.9 Å². The summed E-state index contributed by atoms with van der Waals surface area (Å²) in [7, 11) is 0. The van der Waals surface area contributed by atoms with Gasteiger partial charge < -0.3 is 5.32 Å². The normalized spacial score (nSPS) is 10.7. The molecule has 0 bridgehead atoms. The molecule has 0 aliphatic carbocycles. The van der Waals surface area contributed by atoms with Gasteiger partial charge in [0.05, 0.1) is 10.7 Å². The van der Waals surface area contributed by atoms with Gasteiger partial charge in [0.15, 0.2) is 5.69 Å². The number of pyridine rings is 1. The molecule has 1 amide bonds. The van der Waals surface area contributed by atoms with Crippen LogP contribution in [0.2, 0.25) is 10.0 Å². The van der Waals surface area contributed by atoms with Gasteiger partial charge in [0, 0.05) is 29.5 Å². The van der Waals surface area contributed by atoms with Gasteiger partial charge in [0.2, 0.25) is 0 Å². The minimum Gasteiger partial charge on any atom is -0.346 e. The van der Waals surface area contributed by atoms with Gasteiger partial charge in [-0.1, -0.05) is 52.7 Å². The zero-order valence-electron chi connectivity index (χ0n) is 15.1. The predicted molar refractivity (Wildman–Crippen MR) is 112 cm³/mol. The van der Waals surface area contributed by atoms with E-state index in [1.165, 1.54) is 0 Å². The molecular formula is C21H15Cl2N5O. The number of nitrogens with zero attached hydrogens (tertiary/aromatic N) is 4. The number of nitrogens with one attached hydrogen (secondary N) is 1. The third kappa shape index (κ3) is 4.13. The average molecular weight is 424 g/mol. The predicted octanol–water partition coefficient (Wildman–Crippen LogP) is 4.57. The van der Waals surface area contributed by atoms with E-state index >= 15 is 0 Å². The lowest BCUT2D eigenvalue weighted by atomic mass is 10.1. The lowest BCUT2D eigenvalue weighted by Crippen LogP contribution is -2.24. The van der Waals surface area contributed by atoms with Gasteiger partial charge in [-0.05, 0) is 42.0 Å². The van der Waals surface area contributed by atoms with Crippen LogP contribution in [0.15, 0.2) is 73.1 Å². The van der Waals surface area contributed by atoms with Gasteiger partial charge in [-0.25, -0.2) is 4.68 Å². The standard InChI is InChI=1S/C21H15Cl2N5O/c22-16-7-5-14(6-8-16)13-25-21(29)19-20(15-9-11-24-12-10-15)28(27-26-19)18-4-2-1-3-17(18)23/h1-12H,13H2,(H,25,29). The smallest absolute Gasteiger partial charge is 0.274 e. The Morgan fingerprint density at radius 1 is 0.966 bits per heavy atom. The Labute approximate surface area is 177 Å². The molecule has 8 heteroatoms. The largest absolute Gasteiger partial charge is 0.346 e. The molecule has 4 aromatic rings. The molecule has 144 valence electrons. The summed E-state index contributed by atoms with van der Waals surface area (Å²) >= 11 is 12.3. The van der Waals surface area contributed by atoms with Crippen LogP contribution >= 0.6 is 23.2 Å². The summed E-state index contributed by atoms with van der Waals surface area (Å²) in [6.45, 7) is 0.338. The van der Waals surface area contributed by atoms with Crippen molar-refractivity contribution in [2.24, 2.45) is 0 Å². The van der Waals surface area contributed by atoms with Crippen LogP contribution in [-0.2, 0) is 6.54 Å². The molecule has 0 aliphatic rings. The van der Waals surface area contributed by atoms with Crippen molar-refractivity contribution >= 4 is 29.1 Å². The zero-order valence-corrected chi connectivity index (χ0v) is 16.6. The van der Waals surface area contributed by atoms with Crippen molar-refractivity contribution in [3.05, 3.63) is 94.4 Å². The summed E-state index contributed by atoms with van der Waals surface area (Å²) in [5, 5.41) is 12.4. The van der Waals surface area contributed by atoms with E-state index in [1.807, 2.05) is 30.3 Å². The van der Waals surface area contributed by atoms with Crippen molar-refractivity contribution in [3.8, 4) is 16.9 Å². The Hall–Kier alpha value is -3.22. The number of aromatic nitrogens is 4. The second-order valence-corrected chi connectivity index (χ2v) is 7.04. The van der Waals surface area contributed by atoms with Crippen LogP contribution in [0.25, 0.3) is 16.9 Å². The Bertz CT molecular complexity index is 1140. The Morgan fingerprint density at radius 2 is 1.69 bits per heavy atom. The lowest BCUT2D eigenvalue weighted by molar-refractivity contribution is 0.0946. The van der Waals surface area contributed by atoms with E-state index in [9.17, 15) is 4.79 Å². The van der Waals surface area contributed by atoms with Gasteiger partial charge in [0.25, 0.3) is 5.91 Å². The molecule has 0 unspecified atom stereocenters. The summed E-state index contributed by atoms with van der Waals surface area (Å²) in [5.41, 5.74) is 3.04. The van der Waals surface area contributed by atoms with Crippen LogP contribution in [0.3, 0.4) is 0 Å². The van der Waals surface area contributed by atoms with E-state index < -0.39 is 0 Å². The maximum Gasteiger partial charge on any atom is 0.274 e. The molecule has 2 heterocycles. The molecule has 4 rings (SSSR count). The fraction of sp³-hybridized carbons (Fsp3) is 0.0476. The number of benzene rings is 2. The molecule has 6 nitrogen and oxygen atoms in total. The number of hydrogen-bond donors (Lipinski definition) is 1. The molecule has 0 spiro atoms. The van der Waals surface area contributed by atoms with E-state index in [1.54, 1.807) is 47.4 Å². The number of rotatable bonds is 5. The topological polar surface area (TPSA) is 72.7 Å². The highest BCUT2D eigenvalue weighted by Crippen LogP contribution is 2.28. The second kappa shape index (κ2) is 8.43. The van der Waals surface area contributed by atoms with Crippen LogP contribution in [0.4, 0.5) is 0 Å². The summed E-state index contributed by atoms with van der Waals surface area (Å²) in [6, 6.07) is 18.1. The van der Waals surface area contributed by atoms with E-state index in [-0.39, 0.29) is 11.6 Å². The Balaban J connectivity index is 1.70. The van der Waals surface area contributed by atoms with Gasteiger partial charge in [-0.3, -0.25) is 9.78 Å². The van der Waals surface area contributed by atoms with Crippen molar-refractivity contribution in [1.82, 2.24) is 25.3 Å². The molecule has 0 radical (unpaired) electrons. The minimum absolute atomic E-state index is 0.199. The number of amides is 1. The SMILES string of the molecule is O=C(NCc1ccc(Cl)cc1)c1nnn(-c2ccccc2Cl)c1-c1ccncc1. The molecule has 29 heavy (non-hydrogen) atoms. The molecule has 0 atom stereocenters. The minimum atomic E-state index is -0.343. The molecule has 0 aliphatic heterocycles. The molecule has 2 aromatic carbocycles. The van der Waals surface area contributed by atoms with Crippen molar-refractivity contribution < 1.29 is 4.79 Å². The van der Waals surface area contributed by atoms with Crippen molar-refractivity contribution in [2.45, 2.75) is 6.54 Å². The highest BCUT2D eigenvalue weighted by molar-refractivity contribution is 6.32. The molecule has 0 saturated carbocycles. The van der Waals surface area contributed by atoms with E-state index in [2.05, 4.69) is 20.6 Å². The van der Waals surface area contributed by atoms with E-state index in [0.29, 0.717) is 28.0 Å². The second-order valence-electron chi connectivity index (χ2n) is 6.19. The molecular weight excluding hydrogens is 409 g/mol. The van der Waals surface area contributed by atoms with Crippen molar-refractivity contribution in [3.63, 3.8) is 0 Å². The van der Waals surface area contributed by atoms with Gasteiger partial charge in [-0.2, -0.15) is 0 Å². The number of carbonyl (C=O) groups excluding carboxylic acids is 1. The van der Waals surface area contributed by atoms with Crippen molar-refractivity contribution in [2.75, 3.05) is 0 Å². The zero-order chi connectivity index (χ0) is 20.2. The van der Waals surface area contributed by atoms with Crippen LogP contribution in [0.1, 0.15) is 16.1 Å². The highest BCUT2D eigenvalue weighted by atomic mass is 35.5. The van der Waals surface area contributed by atoms with Crippen LogP contribution in [0, 0.1) is 0 Å². The monoisotopic (exact) mass is 423 g/mol. The first-order valence-corrected chi connectivity index (χ1v) is 9.53. The first-order chi connectivity index (χ1) is 14.1. The number of carbonyl (C=O) groups is 1. The van der Waals surface area contributed by atoms with Gasteiger partial charge in [0.1, 0.15) is 5.69 Å². The highest BCUT2D eigenvalue weighted by Gasteiger charge is 2.23. The molecule has 2 aromatic heterocycles. The fourth-order valence-electron chi connectivity index (χ4n) is 2.86. The van der Waals surface area contributed by atoms with Gasteiger partial charge >= 0.3 is 0 Å². The number of hydrogen-bond acceptors (Lipinski definition) is 4. The first kappa shape index (κ1) is 19.1. The number of halogens is 2. The first-order valence-electron chi connectivity index (χ1n) is 8.77. The summed E-state index contributed by atoms with van der Waals surface area (Å²) in [6.07, 6.45) is 3.29. The Kier molecular flexibility index (Phi) is 5.55. The number of para-hydroxylation sites is 1. The Morgan fingerprint density at radius 3 is 2.41 bits per heavy atom. The summed E-state index contributed by atoms with van der Waals surface area (Å²) in [4.78, 5) is 17.0. The maximum atomic E-state index is 12.9. The van der Waals surface area contributed by atoms with E-state index in [0.717, 1.165) is 11.1 Å².